The summed E-state index contributed by atoms with van der Waals surface area (Å²) in [7, 11) is 0. The fraction of sp³-hybridized carbons (Fsp3) is 0.688. The van der Waals surface area contributed by atoms with E-state index in [4.69, 9.17) is 0 Å². The Hall–Kier alpha value is -0.870. The summed E-state index contributed by atoms with van der Waals surface area (Å²) in [6, 6.07) is 4.16. The lowest BCUT2D eigenvalue weighted by Crippen LogP contribution is -2.40. The Morgan fingerprint density at radius 2 is 2.00 bits per heavy atom. The predicted molar refractivity (Wildman–Crippen MR) is 82.9 cm³/mol. The largest absolute Gasteiger partial charge is 0.388 e. The summed E-state index contributed by atoms with van der Waals surface area (Å²) in [6.07, 6.45) is 4.30. The lowest BCUT2D eigenvalue weighted by molar-refractivity contribution is -0.124. The summed E-state index contributed by atoms with van der Waals surface area (Å²) in [5.41, 5.74) is 0.0857. The highest BCUT2D eigenvalue weighted by Gasteiger charge is 2.37. The SMILES string of the molecule is CC(C)C(=O)NCC1(c2ccc(C(C)O)s2)CCCC1. The molecule has 2 N–H and O–H groups in total. The number of hydrogen-bond acceptors (Lipinski definition) is 3. The molecule has 20 heavy (non-hydrogen) atoms. The van der Waals surface area contributed by atoms with Gasteiger partial charge in [0.25, 0.3) is 0 Å². The molecule has 1 aliphatic rings. The van der Waals surface area contributed by atoms with Gasteiger partial charge in [-0.25, -0.2) is 0 Å². The van der Waals surface area contributed by atoms with Gasteiger partial charge in [0, 0.05) is 27.6 Å². The van der Waals surface area contributed by atoms with Crippen molar-refractivity contribution in [1.82, 2.24) is 5.32 Å². The number of nitrogens with one attached hydrogen (secondary N) is 1. The molecule has 0 aromatic carbocycles. The van der Waals surface area contributed by atoms with E-state index in [2.05, 4.69) is 11.4 Å². The van der Waals surface area contributed by atoms with E-state index in [1.165, 1.54) is 17.7 Å². The van der Waals surface area contributed by atoms with Crippen LogP contribution in [0.5, 0.6) is 0 Å². The molecule has 1 amide bonds. The van der Waals surface area contributed by atoms with E-state index in [0.717, 1.165) is 24.3 Å². The van der Waals surface area contributed by atoms with Crippen molar-refractivity contribution < 1.29 is 9.90 Å². The molecule has 2 rings (SSSR count). The molecule has 1 unspecified atom stereocenters. The Morgan fingerprint density at radius 1 is 1.35 bits per heavy atom. The molecule has 3 nitrogen and oxygen atoms in total. The molecule has 0 spiro atoms. The van der Waals surface area contributed by atoms with Crippen molar-refractivity contribution in [3.63, 3.8) is 0 Å². The van der Waals surface area contributed by atoms with E-state index in [-0.39, 0.29) is 17.2 Å². The first-order valence-electron chi connectivity index (χ1n) is 7.50. The number of carbonyl (C=O) groups excluding carboxylic acids is 1. The second-order valence-electron chi connectivity index (χ2n) is 6.24. The molecule has 0 bridgehead atoms. The number of amides is 1. The van der Waals surface area contributed by atoms with Gasteiger partial charge >= 0.3 is 0 Å². The minimum absolute atomic E-state index is 0.0322. The zero-order valence-electron chi connectivity index (χ0n) is 12.6. The van der Waals surface area contributed by atoms with Crippen LogP contribution >= 0.6 is 11.3 Å². The average Bonchev–Trinajstić information content (AvgIpc) is 3.05. The van der Waals surface area contributed by atoms with Crippen molar-refractivity contribution in [3.05, 3.63) is 21.9 Å². The van der Waals surface area contributed by atoms with E-state index in [1.807, 2.05) is 19.9 Å². The van der Waals surface area contributed by atoms with Crippen LogP contribution in [0.2, 0.25) is 0 Å². The highest BCUT2D eigenvalue weighted by atomic mass is 32.1. The zero-order valence-corrected chi connectivity index (χ0v) is 13.4. The quantitative estimate of drug-likeness (QED) is 0.875. The summed E-state index contributed by atoms with van der Waals surface area (Å²) >= 11 is 1.70. The summed E-state index contributed by atoms with van der Waals surface area (Å²) in [5, 5.41) is 12.8. The van der Waals surface area contributed by atoms with Gasteiger partial charge in [0.2, 0.25) is 5.91 Å². The van der Waals surface area contributed by atoms with Gasteiger partial charge in [-0.2, -0.15) is 0 Å². The molecule has 4 heteroatoms. The number of carbonyl (C=O) groups is 1. The first kappa shape index (κ1) is 15.5. The standard InChI is InChI=1S/C16H25NO2S/c1-11(2)15(19)17-10-16(8-4-5-9-16)14-7-6-13(20-14)12(3)18/h6-7,11-12,18H,4-5,8-10H2,1-3H3,(H,17,19). The lowest BCUT2D eigenvalue weighted by Gasteiger charge is -2.28. The smallest absolute Gasteiger partial charge is 0.222 e. The average molecular weight is 295 g/mol. The molecule has 1 saturated carbocycles. The molecule has 1 aromatic rings. The van der Waals surface area contributed by atoms with Crippen molar-refractivity contribution in [2.24, 2.45) is 5.92 Å². The zero-order chi connectivity index (χ0) is 14.8. The van der Waals surface area contributed by atoms with Gasteiger partial charge < -0.3 is 10.4 Å². The highest BCUT2D eigenvalue weighted by Crippen LogP contribution is 2.44. The summed E-state index contributed by atoms with van der Waals surface area (Å²) in [5.74, 6) is 0.161. The summed E-state index contributed by atoms with van der Waals surface area (Å²) in [6.45, 7) is 6.38. The van der Waals surface area contributed by atoms with E-state index in [0.29, 0.717) is 0 Å². The van der Waals surface area contributed by atoms with E-state index in [1.54, 1.807) is 18.3 Å². The monoisotopic (exact) mass is 295 g/mol. The molecular weight excluding hydrogens is 270 g/mol. The van der Waals surface area contributed by atoms with Crippen molar-refractivity contribution in [1.29, 1.82) is 0 Å². The van der Waals surface area contributed by atoms with Crippen LogP contribution in [-0.2, 0) is 10.2 Å². The third-order valence-corrected chi connectivity index (χ3v) is 5.75. The Kier molecular flexibility index (Phi) is 4.86. The van der Waals surface area contributed by atoms with Gasteiger partial charge in [0.15, 0.2) is 0 Å². The molecule has 1 aliphatic carbocycles. The van der Waals surface area contributed by atoms with Crippen molar-refractivity contribution >= 4 is 17.2 Å². The van der Waals surface area contributed by atoms with Gasteiger partial charge in [-0.15, -0.1) is 11.3 Å². The lowest BCUT2D eigenvalue weighted by atomic mass is 9.84. The fourth-order valence-corrected chi connectivity index (χ4v) is 4.07. The minimum atomic E-state index is -0.405. The Morgan fingerprint density at radius 3 is 2.50 bits per heavy atom. The predicted octanol–water partition coefficient (Wildman–Crippen LogP) is 3.39. The minimum Gasteiger partial charge on any atom is -0.388 e. The van der Waals surface area contributed by atoms with Gasteiger partial charge in [-0.3, -0.25) is 4.79 Å². The number of aliphatic hydroxyl groups is 1. The van der Waals surface area contributed by atoms with Crippen LogP contribution in [0, 0.1) is 5.92 Å². The second-order valence-corrected chi connectivity index (χ2v) is 7.35. The molecule has 0 aliphatic heterocycles. The van der Waals surface area contributed by atoms with Crippen LogP contribution in [0.3, 0.4) is 0 Å². The number of rotatable bonds is 5. The third kappa shape index (κ3) is 3.23. The first-order chi connectivity index (χ1) is 9.44. The molecule has 112 valence electrons. The topological polar surface area (TPSA) is 49.3 Å². The number of hydrogen-bond donors (Lipinski definition) is 2. The third-order valence-electron chi connectivity index (χ3n) is 4.25. The summed E-state index contributed by atoms with van der Waals surface area (Å²) in [4.78, 5) is 14.2. The normalized spacial score (nSPS) is 19.2. The maximum atomic E-state index is 11.8. The van der Waals surface area contributed by atoms with Crippen LogP contribution in [0.15, 0.2) is 12.1 Å². The Labute approximate surface area is 125 Å². The van der Waals surface area contributed by atoms with Gasteiger partial charge in [0.05, 0.1) is 6.10 Å². The van der Waals surface area contributed by atoms with E-state index >= 15 is 0 Å². The van der Waals surface area contributed by atoms with Crippen LogP contribution in [0.4, 0.5) is 0 Å². The molecule has 1 atom stereocenters. The number of thiophene rings is 1. The fourth-order valence-electron chi connectivity index (χ4n) is 2.88. The Bertz CT molecular complexity index is 459. The van der Waals surface area contributed by atoms with Gasteiger partial charge in [0.1, 0.15) is 0 Å². The molecular formula is C16H25NO2S. The molecule has 0 radical (unpaired) electrons. The van der Waals surface area contributed by atoms with Crippen LogP contribution in [0.25, 0.3) is 0 Å². The summed E-state index contributed by atoms with van der Waals surface area (Å²) < 4.78 is 0. The maximum Gasteiger partial charge on any atom is 0.222 e. The van der Waals surface area contributed by atoms with Crippen LogP contribution in [0.1, 0.15) is 62.3 Å². The maximum absolute atomic E-state index is 11.8. The molecule has 1 heterocycles. The van der Waals surface area contributed by atoms with E-state index in [9.17, 15) is 9.90 Å². The van der Waals surface area contributed by atoms with Gasteiger partial charge in [-0.1, -0.05) is 26.7 Å². The second kappa shape index (κ2) is 6.27. The van der Waals surface area contributed by atoms with Crippen molar-refractivity contribution in [3.8, 4) is 0 Å². The molecule has 1 fully saturated rings. The first-order valence-corrected chi connectivity index (χ1v) is 8.32. The van der Waals surface area contributed by atoms with Crippen LogP contribution < -0.4 is 5.32 Å². The van der Waals surface area contributed by atoms with Crippen LogP contribution in [-0.4, -0.2) is 17.6 Å². The molecule has 1 aromatic heterocycles. The van der Waals surface area contributed by atoms with Crippen molar-refractivity contribution in [2.75, 3.05) is 6.54 Å². The molecule has 0 saturated heterocycles. The van der Waals surface area contributed by atoms with E-state index < -0.39 is 6.10 Å². The highest BCUT2D eigenvalue weighted by molar-refractivity contribution is 7.12. The van der Waals surface area contributed by atoms with Gasteiger partial charge in [-0.05, 0) is 31.9 Å². The Balaban J connectivity index is 2.14. The van der Waals surface area contributed by atoms with Crippen molar-refractivity contribution in [2.45, 2.75) is 58.0 Å². The number of aliphatic hydroxyl groups excluding tert-OH is 1.